The average Bonchev–Trinajstić information content (AvgIpc) is 2.67. The zero-order valence-corrected chi connectivity index (χ0v) is 17.5. The molecular formula is C18H31N3O7S. The Kier molecular flexibility index (Phi) is 13.1. The van der Waals surface area contributed by atoms with Crippen molar-refractivity contribution in [2.75, 3.05) is 12.3 Å². The maximum atomic E-state index is 12.7. The number of rotatable bonds is 15. The number of carbonyl (C=O) groups excluding carboxylic acids is 3. The van der Waals surface area contributed by atoms with Crippen molar-refractivity contribution in [2.24, 2.45) is 17.4 Å². The van der Waals surface area contributed by atoms with Crippen LogP contribution >= 0.6 is 12.6 Å². The number of hydrogen-bond donors (Lipinski definition) is 5. The number of aliphatic carboxylic acids is 2. The number of hydrogen-bond acceptors (Lipinski definition) is 8. The first-order valence-electron chi connectivity index (χ1n) is 9.48. The second kappa shape index (κ2) is 14.1. The summed E-state index contributed by atoms with van der Waals surface area (Å²) >= 11 is 3.88. The second-order valence-corrected chi connectivity index (χ2v) is 7.20. The maximum absolute atomic E-state index is 12.7. The van der Waals surface area contributed by atoms with Crippen LogP contribution in [0.15, 0.2) is 0 Å². The quantitative estimate of drug-likeness (QED) is 0.176. The number of thiol groups is 1. The van der Waals surface area contributed by atoms with Crippen molar-refractivity contribution in [1.82, 2.24) is 4.90 Å². The van der Waals surface area contributed by atoms with Crippen LogP contribution in [-0.2, 0) is 24.0 Å². The van der Waals surface area contributed by atoms with E-state index in [-0.39, 0.29) is 18.6 Å². The number of unbranched alkanes of at least 4 members (excludes halogenated alkanes) is 2. The Morgan fingerprint density at radius 2 is 1.59 bits per heavy atom. The van der Waals surface area contributed by atoms with Gasteiger partial charge in [-0.1, -0.05) is 26.2 Å². The Morgan fingerprint density at radius 3 is 2.07 bits per heavy atom. The largest absolute Gasteiger partial charge is 0.481 e. The minimum absolute atomic E-state index is 0.0745. The van der Waals surface area contributed by atoms with E-state index in [9.17, 15) is 24.0 Å². The molecule has 0 saturated heterocycles. The highest BCUT2D eigenvalue weighted by Crippen LogP contribution is 2.19. The molecule has 0 aromatic rings. The number of nitrogens with zero attached hydrogens (tertiary/aromatic N) is 1. The molecule has 0 aliphatic carbocycles. The zero-order valence-electron chi connectivity index (χ0n) is 16.6. The van der Waals surface area contributed by atoms with Gasteiger partial charge < -0.3 is 21.7 Å². The van der Waals surface area contributed by atoms with E-state index in [1.807, 2.05) is 6.92 Å². The highest BCUT2D eigenvalue weighted by atomic mass is 32.1. The molecule has 0 fully saturated rings. The van der Waals surface area contributed by atoms with Gasteiger partial charge in [-0.2, -0.15) is 12.6 Å². The van der Waals surface area contributed by atoms with E-state index < -0.39 is 60.5 Å². The van der Waals surface area contributed by atoms with Gasteiger partial charge in [-0.3, -0.25) is 28.9 Å². The topological polar surface area (TPSA) is 181 Å². The first kappa shape index (κ1) is 27.0. The van der Waals surface area contributed by atoms with Crippen molar-refractivity contribution < 1.29 is 34.2 Å². The summed E-state index contributed by atoms with van der Waals surface area (Å²) in [6, 6.07) is -2.22. The molecule has 0 heterocycles. The van der Waals surface area contributed by atoms with Crippen LogP contribution < -0.4 is 11.5 Å². The summed E-state index contributed by atoms with van der Waals surface area (Å²) in [7, 11) is 0. The lowest BCUT2D eigenvalue weighted by Crippen LogP contribution is -2.50. The average molecular weight is 434 g/mol. The van der Waals surface area contributed by atoms with E-state index in [0.29, 0.717) is 17.7 Å². The van der Waals surface area contributed by atoms with Crippen molar-refractivity contribution >= 4 is 42.2 Å². The van der Waals surface area contributed by atoms with Crippen LogP contribution in [0, 0.1) is 5.92 Å². The Labute approximate surface area is 175 Å². The van der Waals surface area contributed by atoms with E-state index in [1.54, 1.807) is 0 Å². The normalized spacial score (nSPS) is 13.9. The number of Topliss-reactive ketones (excluding diaryl/α,β-unsaturated/α-hetero) is 1. The van der Waals surface area contributed by atoms with E-state index >= 15 is 0 Å². The minimum atomic E-state index is -1.40. The molecule has 0 aliphatic rings. The van der Waals surface area contributed by atoms with Gasteiger partial charge in [0.25, 0.3) is 0 Å². The summed E-state index contributed by atoms with van der Waals surface area (Å²) in [5, 5.41) is 17.8. The van der Waals surface area contributed by atoms with Gasteiger partial charge in [-0.05, 0) is 12.8 Å². The molecule has 0 aromatic heterocycles. The number of carbonyl (C=O) groups is 5. The maximum Gasteiger partial charge on any atom is 0.323 e. The summed E-state index contributed by atoms with van der Waals surface area (Å²) in [5.74, 6) is -5.61. The molecule has 0 aliphatic heterocycles. The van der Waals surface area contributed by atoms with Crippen molar-refractivity contribution in [3.05, 3.63) is 0 Å². The van der Waals surface area contributed by atoms with Gasteiger partial charge in [0.2, 0.25) is 11.8 Å². The van der Waals surface area contributed by atoms with E-state index in [1.165, 1.54) is 0 Å². The van der Waals surface area contributed by atoms with E-state index in [4.69, 9.17) is 21.7 Å². The molecule has 11 heteroatoms. The Hall–Kier alpha value is -1.98. The molecule has 10 nitrogen and oxygen atoms in total. The lowest BCUT2D eigenvalue weighted by atomic mass is 9.88. The fourth-order valence-electron chi connectivity index (χ4n) is 2.73. The van der Waals surface area contributed by atoms with Crippen LogP contribution in [0.4, 0.5) is 0 Å². The smallest absolute Gasteiger partial charge is 0.323 e. The van der Waals surface area contributed by atoms with Crippen LogP contribution in [0.2, 0.25) is 0 Å². The van der Waals surface area contributed by atoms with Crippen molar-refractivity contribution in [2.45, 2.75) is 64.0 Å². The van der Waals surface area contributed by atoms with Gasteiger partial charge in [0.1, 0.15) is 6.54 Å². The molecule has 2 amide bonds. The molecule has 3 unspecified atom stereocenters. The summed E-state index contributed by atoms with van der Waals surface area (Å²) in [6.07, 6.45) is 1.88. The first-order chi connectivity index (χ1) is 13.5. The predicted molar refractivity (Wildman–Crippen MR) is 108 cm³/mol. The third kappa shape index (κ3) is 10.4. The number of nitrogens with two attached hydrogens (primary N) is 2. The molecule has 0 spiro atoms. The van der Waals surface area contributed by atoms with Gasteiger partial charge in [-0.15, -0.1) is 0 Å². The summed E-state index contributed by atoms with van der Waals surface area (Å²) in [5.41, 5.74) is 11.4. The number of amides is 2. The number of carboxylic acids is 2. The zero-order chi connectivity index (χ0) is 22.6. The highest BCUT2D eigenvalue weighted by Gasteiger charge is 2.32. The SMILES string of the molecule is CCCCCC(CC(=O)N(CC(=O)O)C(=O)C(N)CS)C(=O)C(N)CCC(=O)O. The predicted octanol–water partition coefficient (Wildman–Crippen LogP) is 0.0311. The second-order valence-electron chi connectivity index (χ2n) is 6.84. The molecule has 0 bridgehead atoms. The van der Waals surface area contributed by atoms with E-state index in [2.05, 4.69) is 12.6 Å². The fraction of sp³-hybridized carbons (Fsp3) is 0.722. The van der Waals surface area contributed by atoms with Gasteiger partial charge in [0.15, 0.2) is 5.78 Å². The van der Waals surface area contributed by atoms with Gasteiger partial charge in [0, 0.05) is 24.5 Å². The van der Waals surface area contributed by atoms with Crippen LogP contribution in [0.25, 0.3) is 0 Å². The Bertz CT molecular complexity index is 600. The number of imide groups is 1. The van der Waals surface area contributed by atoms with E-state index in [0.717, 1.165) is 12.8 Å². The molecular weight excluding hydrogens is 402 g/mol. The standard InChI is InChI=1S/C18H31N3O7S/c1-2-3-4-5-11(17(27)12(19)6-7-15(23)24)8-14(22)21(9-16(25)26)18(28)13(20)10-29/h11-13,29H,2-10,19-20H2,1H3,(H,23,24)(H,25,26). The molecule has 6 N–H and O–H groups in total. The molecule has 3 atom stereocenters. The summed E-state index contributed by atoms with van der Waals surface area (Å²) in [6.45, 7) is 1.09. The van der Waals surface area contributed by atoms with Crippen LogP contribution in [0.3, 0.4) is 0 Å². The van der Waals surface area contributed by atoms with Gasteiger partial charge >= 0.3 is 11.9 Å². The van der Waals surface area contributed by atoms with Gasteiger partial charge in [0.05, 0.1) is 12.1 Å². The van der Waals surface area contributed by atoms with Crippen LogP contribution in [0.5, 0.6) is 0 Å². The van der Waals surface area contributed by atoms with Crippen LogP contribution in [-0.4, -0.2) is 69.0 Å². The van der Waals surface area contributed by atoms with Crippen molar-refractivity contribution in [3.63, 3.8) is 0 Å². The van der Waals surface area contributed by atoms with Crippen molar-refractivity contribution in [3.8, 4) is 0 Å². The molecule has 29 heavy (non-hydrogen) atoms. The first-order valence-corrected chi connectivity index (χ1v) is 10.1. The molecule has 0 rings (SSSR count). The Morgan fingerprint density at radius 1 is 0.966 bits per heavy atom. The number of carboxylic acid groups (broad SMARTS) is 2. The summed E-state index contributed by atoms with van der Waals surface area (Å²) < 4.78 is 0. The minimum Gasteiger partial charge on any atom is -0.481 e. The Balaban J connectivity index is 5.40. The van der Waals surface area contributed by atoms with Crippen molar-refractivity contribution in [1.29, 1.82) is 0 Å². The lowest BCUT2D eigenvalue weighted by molar-refractivity contribution is -0.154. The third-order valence-electron chi connectivity index (χ3n) is 4.39. The fourth-order valence-corrected chi connectivity index (χ4v) is 2.89. The molecule has 166 valence electrons. The molecule has 0 radical (unpaired) electrons. The van der Waals surface area contributed by atoms with Crippen LogP contribution in [0.1, 0.15) is 51.9 Å². The van der Waals surface area contributed by atoms with Gasteiger partial charge in [-0.25, -0.2) is 0 Å². The summed E-state index contributed by atoms with van der Waals surface area (Å²) in [4.78, 5) is 59.9. The molecule has 0 aromatic carbocycles. The number of ketones is 1. The third-order valence-corrected chi connectivity index (χ3v) is 4.78. The lowest BCUT2D eigenvalue weighted by Gasteiger charge is -2.25. The highest BCUT2D eigenvalue weighted by molar-refractivity contribution is 7.80. The molecule has 0 saturated carbocycles. The monoisotopic (exact) mass is 433 g/mol.